The minimum absolute atomic E-state index is 0.104. The minimum atomic E-state index is -0.927. The Bertz CT molecular complexity index is 847. The quantitative estimate of drug-likeness (QED) is 0.582. The second kappa shape index (κ2) is 7.27. The Hall–Kier alpha value is -2.88. The lowest BCUT2D eigenvalue weighted by molar-refractivity contribution is -0.144. The van der Waals surface area contributed by atoms with E-state index in [1.807, 2.05) is 24.3 Å². The molecule has 3 aliphatic rings. The van der Waals surface area contributed by atoms with Crippen LogP contribution in [0.15, 0.2) is 34.5 Å². The van der Waals surface area contributed by atoms with Gasteiger partial charge in [-0.25, -0.2) is 0 Å². The molecule has 1 fully saturated rings. The largest absolute Gasteiger partial charge is 0.491 e. The maximum atomic E-state index is 13.2. The van der Waals surface area contributed by atoms with Crippen molar-refractivity contribution < 1.29 is 14.3 Å². The maximum absolute atomic E-state index is 13.2. The molecule has 7 heteroatoms. The topological polar surface area (TPSA) is 83.4 Å². The Balaban J connectivity index is 1.34. The molecule has 4 rings (SSSR count). The van der Waals surface area contributed by atoms with Crippen LogP contribution in [0.2, 0.25) is 0 Å². The Morgan fingerprint density at radius 3 is 2.75 bits per heavy atom. The van der Waals surface area contributed by atoms with Crippen LogP contribution in [0.4, 0.5) is 0 Å². The number of carbonyl (C=O) groups excluding carboxylic acids is 2. The summed E-state index contributed by atoms with van der Waals surface area (Å²) in [7, 11) is 0. The van der Waals surface area contributed by atoms with Gasteiger partial charge in [-0.2, -0.15) is 10.2 Å². The standard InChI is InChI=1S/C21H24N4O3/c1-2-3-8-21(23-24-21)11-12-22-18(26)20(9-10-20)19(27)25-13-14-28-17-7-5-4-6-16(17)15-25/h1,4-7H,3,8-15H2,(H,22,26). The summed E-state index contributed by atoms with van der Waals surface area (Å²) >= 11 is 0. The molecule has 0 unspecified atom stereocenters. The third-order valence-electron chi connectivity index (χ3n) is 5.70. The van der Waals surface area contributed by atoms with Crippen molar-refractivity contribution >= 4 is 11.8 Å². The van der Waals surface area contributed by atoms with Crippen molar-refractivity contribution in [3.05, 3.63) is 29.8 Å². The number of rotatable bonds is 7. The van der Waals surface area contributed by atoms with Gasteiger partial charge >= 0.3 is 0 Å². The fourth-order valence-corrected chi connectivity index (χ4v) is 3.68. The van der Waals surface area contributed by atoms with E-state index in [-0.39, 0.29) is 11.8 Å². The number of nitrogens with zero attached hydrogens (tertiary/aromatic N) is 3. The summed E-state index contributed by atoms with van der Waals surface area (Å²) in [5.41, 5.74) is -0.382. The van der Waals surface area contributed by atoms with E-state index in [2.05, 4.69) is 21.5 Å². The number of benzene rings is 1. The molecule has 0 saturated heterocycles. The number of nitrogens with one attached hydrogen (secondary N) is 1. The minimum Gasteiger partial charge on any atom is -0.491 e. The second-order valence-electron chi connectivity index (χ2n) is 7.66. The lowest BCUT2D eigenvalue weighted by Crippen LogP contribution is -2.46. The van der Waals surface area contributed by atoms with Gasteiger partial charge in [0.05, 0.1) is 6.54 Å². The highest BCUT2D eigenvalue weighted by Crippen LogP contribution is 2.48. The van der Waals surface area contributed by atoms with Gasteiger partial charge in [-0.3, -0.25) is 9.59 Å². The van der Waals surface area contributed by atoms with Crippen LogP contribution < -0.4 is 10.1 Å². The van der Waals surface area contributed by atoms with Crippen molar-refractivity contribution in [2.45, 2.75) is 44.3 Å². The highest BCUT2D eigenvalue weighted by atomic mass is 16.5. The SMILES string of the molecule is C#CCCC1(CCNC(=O)C2(C(=O)N3CCOc4ccccc4C3)CC2)N=N1. The summed E-state index contributed by atoms with van der Waals surface area (Å²) in [5, 5.41) is 11.1. The van der Waals surface area contributed by atoms with E-state index in [0.29, 0.717) is 58.3 Å². The molecule has 1 aromatic carbocycles. The van der Waals surface area contributed by atoms with Gasteiger partial charge in [0, 0.05) is 37.9 Å². The first-order valence-electron chi connectivity index (χ1n) is 9.75. The van der Waals surface area contributed by atoms with E-state index in [1.54, 1.807) is 4.90 Å². The molecule has 1 N–H and O–H groups in total. The molecule has 2 heterocycles. The average molecular weight is 380 g/mol. The van der Waals surface area contributed by atoms with Gasteiger partial charge < -0.3 is 15.0 Å². The molecule has 1 aliphatic carbocycles. The molecule has 2 amide bonds. The number of hydrogen-bond acceptors (Lipinski definition) is 5. The Labute approximate surface area is 164 Å². The normalized spacial score (nSPS) is 20.2. The molecule has 28 heavy (non-hydrogen) atoms. The van der Waals surface area contributed by atoms with E-state index < -0.39 is 11.1 Å². The summed E-state index contributed by atoms with van der Waals surface area (Å²) in [6, 6.07) is 7.71. The monoisotopic (exact) mass is 380 g/mol. The van der Waals surface area contributed by atoms with Crippen LogP contribution in [0.1, 0.15) is 37.7 Å². The molecular weight excluding hydrogens is 356 g/mol. The van der Waals surface area contributed by atoms with E-state index >= 15 is 0 Å². The van der Waals surface area contributed by atoms with E-state index in [4.69, 9.17) is 11.2 Å². The molecule has 0 spiro atoms. The molecule has 0 bridgehead atoms. The highest BCUT2D eigenvalue weighted by Gasteiger charge is 2.58. The molecule has 0 aromatic heterocycles. The number of para-hydroxylation sites is 1. The van der Waals surface area contributed by atoms with Crippen molar-refractivity contribution in [2.75, 3.05) is 19.7 Å². The van der Waals surface area contributed by atoms with Crippen LogP contribution in [0, 0.1) is 17.8 Å². The number of fused-ring (bicyclic) bond motifs is 1. The summed E-state index contributed by atoms with van der Waals surface area (Å²) in [6.45, 7) is 1.82. The molecule has 146 valence electrons. The van der Waals surface area contributed by atoms with Crippen molar-refractivity contribution in [1.29, 1.82) is 0 Å². The zero-order valence-electron chi connectivity index (χ0n) is 15.8. The molecule has 0 radical (unpaired) electrons. The van der Waals surface area contributed by atoms with Crippen LogP contribution in [0.5, 0.6) is 5.75 Å². The average Bonchev–Trinajstić information content (AvgIpc) is 3.61. The summed E-state index contributed by atoms with van der Waals surface area (Å²) in [4.78, 5) is 27.7. The second-order valence-corrected chi connectivity index (χ2v) is 7.66. The Morgan fingerprint density at radius 1 is 1.25 bits per heavy atom. The van der Waals surface area contributed by atoms with Crippen LogP contribution >= 0.6 is 0 Å². The maximum Gasteiger partial charge on any atom is 0.238 e. The fraction of sp³-hybridized carbons (Fsp3) is 0.524. The van der Waals surface area contributed by atoms with E-state index in [1.165, 1.54) is 0 Å². The Kier molecular flexibility index (Phi) is 4.80. The molecular formula is C21H24N4O3. The van der Waals surface area contributed by atoms with Crippen molar-refractivity contribution in [1.82, 2.24) is 10.2 Å². The predicted octanol–water partition coefficient (Wildman–Crippen LogP) is 2.27. The number of terminal acetylenes is 1. The molecule has 2 aliphatic heterocycles. The van der Waals surface area contributed by atoms with Gasteiger partial charge in [0.15, 0.2) is 5.66 Å². The predicted molar refractivity (Wildman–Crippen MR) is 102 cm³/mol. The number of ether oxygens (including phenoxy) is 1. The van der Waals surface area contributed by atoms with Gasteiger partial charge in [0.25, 0.3) is 0 Å². The van der Waals surface area contributed by atoms with Crippen LogP contribution in [0.25, 0.3) is 0 Å². The summed E-state index contributed by atoms with van der Waals surface area (Å²) in [5.74, 6) is 3.11. The number of hydrogen-bond donors (Lipinski definition) is 1. The van der Waals surface area contributed by atoms with Crippen molar-refractivity contribution in [2.24, 2.45) is 15.6 Å². The lowest BCUT2D eigenvalue weighted by atomic mass is 10.0. The third kappa shape index (κ3) is 3.59. The van der Waals surface area contributed by atoms with Crippen LogP contribution in [0.3, 0.4) is 0 Å². The first kappa shape index (κ1) is 18.5. The van der Waals surface area contributed by atoms with Crippen molar-refractivity contribution in [3.8, 4) is 18.1 Å². The first-order chi connectivity index (χ1) is 13.6. The van der Waals surface area contributed by atoms with Gasteiger partial charge in [-0.15, -0.1) is 12.3 Å². The molecule has 0 atom stereocenters. The highest BCUT2D eigenvalue weighted by molar-refractivity contribution is 6.07. The van der Waals surface area contributed by atoms with Crippen molar-refractivity contribution in [3.63, 3.8) is 0 Å². The molecule has 1 saturated carbocycles. The molecule has 1 aromatic rings. The van der Waals surface area contributed by atoms with Gasteiger partial charge in [0.2, 0.25) is 11.8 Å². The number of carbonyl (C=O) groups is 2. The smallest absolute Gasteiger partial charge is 0.238 e. The summed E-state index contributed by atoms with van der Waals surface area (Å²) in [6.07, 6.45) is 8.42. The van der Waals surface area contributed by atoms with E-state index in [0.717, 1.165) is 11.3 Å². The third-order valence-corrected chi connectivity index (χ3v) is 5.70. The summed E-state index contributed by atoms with van der Waals surface area (Å²) < 4.78 is 5.73. The number of amides is 2. The zero-order chi connectivity index (χ0) is 19.6. The fourth-order valence-electron chi connectivity index (χ4n) is 3.68. The first-order valence-corrected chi connectivity index (χ1v) is 9.75. The molecule has 7 nitrogen and oxygen atoms in total. The lowest BCUT2D eigenvalue weighted by Gasteiger charge is -2.25. The van der Waals surface area contributed by atoms with Gasteiger partial charge in [0.1, 0.15) is 17.8 Å². The van der Waals surface area contributed by atoms with Crippen LogP contribution in [-0.4, -0.2) is 42.1 Å². The Morgan fingerprint density at radius 2 is 2.04 bits per heavy atom. The zero-order valence-corrected chi connectivity index (χ0v) is 15.8. The van der Waals surface area contributed by atoms with Gasteiger partial charge in [-0.05, 0) is 18.9 Å². The van der Waals surface area contributed by atoms with Crippen LogP contribution in [-0.2, 0) is 16.1 Å². The van der Waals surface area contributed by atoms with Gasteiger partial charge in [-0.1, -0.05) is 18.2 Å². The van der Waals surface area contributed by atoms with E-state index in [9.17, 15) is 9.59 Å².